The molecule has 1 aliphatic carbocycles. The zero-order valence-corrected chi connectivity index (χ0v) is 17.6. The first kappa shape index (κ1) is 19.9. The monoisotopic (exact) mass is 393 g/mol. The first-order valence-electron chi connectivity index (χ1n) is 10.6. The summed E-state index contributed by atoms with van der Waals surface area (Å²) >= 11 is 0. The number of carbonyl (C=O) groups excluding carboxylic acids is 1. The fourth-order valence-corrected chi connectivity index (χ4v) is 4.39. The first-order chi connectivity index (χ1) is 13.9. The van der Waals surface area contributed by atoms with Crippen LogP contribution in [-0.2, 0) is 24.1 Å². The minimum Gasteiger partial charge on any atom is -0.444 e. The van der Waals surface area contributed by atoms with E-state index in [9.17, 15) is 4.79 Å². The number of fused-ring (bicyclic) bond motifs is 2. The number of amides is 1. The van der Waals surface area contributed by atoms with Crippen molar-refractivity contribution in [2.75, 3.05) is 6.54 Å². The lowest BCUT2D eigenvalue weighted by Crippen LogP contribution is -2.51. The van der Waals surface area contributed by atoms with Crippen LogP contribution in [-0.4, -0.2) is 34.2 Å². The molecule has 0 saturated carbocycles. The molecule has 0 fully saturated rings. The van der Waals surface area contributed by atoms with Gasteiger partial charge in [-0.05, 0) is 69.2 Å². The molecule has 5 nitrogen and oxygen atoms in total. The predicted octanol–water partition coefficient (Wildman–Crippen LogP) is 4.41. The van der Waals surface area contributed by atoms with Gasteiger partial charge >= 0.3 is 6.09 Å². The third-order valence-corrected chi connectivity index (χ3v) is 5.78. The molecule has 1 aliphatic heterocycles. The number of hydrogen-bond acceptors (Lipinski definition) is 4. The molecule has 1 N–H and O–H groups in total. The highest BCUT2D eigenvalue weighted by atomic mass is 16.6. The molecule has 1 aromatic carbocycles. The van der Waals surface area contributed by atoms with Crippen molar-refractivity contribution in [1.29, 1.82) is 0 Å². The zero-order valence-electron chi connectivity index (χ0n) is 17.6. The van der Waals surface area contributed by atoms with Gasteiger partial charge in [-0.2, -0.15) is 0 Å². The van der Waals surface area contributed by atoms with Gasteiger partial charge in [0.2, 0.25) is 0 Å². The molecule has 2 heterocycles. The largest absolute Gasteiger partial charge is 0.444 e. The van der Waals surface area contributed by atoms with Crippen molar-refractivity contribution in [3.8, 4) is 0 Å². The van der Waals surface area contributed by atoms with Crippen LogP contribution >= 0.6 is 0 Å². The molecule has 1 amide bonds. The minimum absolute atomic E-state index is 0.0637. The lowest BCUT2D eigenvalue weighted by molar-refractivity contribution is 0.0116. The van der Waals surface area contributed by atoms with Crippen LogP contribution in [0, 0.1) is 0 Å². The Balaban J connectivity index is 1.51. The molecular formula is C24H31N3O2. The van der Waals surface area contributed by atoms with Crippen molar-refractivity contribution in [3.63, 3.8) is 0 Å². The fourth-order valence-electron chi connectivity index (χ4n) is 4.39. The third-order valence-electron chi connectivity index (χ3n) is 5.78. The number of pyridine rings is 1. The van der Waals surface area contributed by atoms with Crippen molar-refractivity contribution in [1.82, 2.24) is 15.2 Å². The molecule has 2 atom stereocenters. The third kappa shape index (κ3) is 4.61. The van der Waals surface area contributed by atoms with Crippen molar-refractivity contribution in [2.24, 2.45) is 0 Å². The Hall–Kier alpha value is -2.40. The smallest absolute Gasteiger partial charge is 0.410 e. The minimum atomic E-state index is -0.502. The van der Waals surface area contributed by atoms with Crippen LogP contribution in [0.3, 0.4) is 0 Å². The Kier molecular flexibility index (Phi) is 5.59. The van der Waals surface area contributed by atoms with Gasteiger partial charge in [0, 0.05) is 25.3 Å². The highest BCUT2D eigenvalue weighted by molar-refractivity contribution is 5.69. The van der Waals surface area contributed by atoms with Gasteiger partial charge in [0.25, 0.3) is 0 Å². The van der Waals surface area contributed by atoms with Gasteiger partial charge in [0.05, 0.1) is 11.7 Å². The number of ether oxygens (including phenoxy) is 1. The molecule has 154 valence electrons. The van der Waals surface area contributed by atoms with Crippen molar-refractivity contribution in [3.05, 3.63) is 65.0 Å². The number of rotatable bonds is 3. The first-order valence-corrected chi connectivity index (χ1v) is 10.6. The Morgan fingerprint density at radius 2 is 1.93 bits per heavy atom. The molecular weight excluding hydrogens is 362 g/mol. The van der Waals surface area contributed by atoms with Crippen molar-refractivity contribution in [2.45, 2.75) is 70.7 Å². The molecule has 0 radical (unpaired) electrons. The van der Waals surface area contributed by atoms with Gasteiger partial charge in [0.15, 0.2) is 0 Å². The summed E-state index contributed by atoms with van der Waals surface area (Å²) in [5.41, 5.74) is 4.53. The van der Waals surface area contributed by atoms with Crippen LogP contribution in [0.2, 0.25) is 0 Å². The van der Waals surface area contributed by atoms with Crippen LogP contribution in [0.25, 0.3) is 0 Å². The van der Waals surface area contributed by atoms with E-state index in [1.54, 1.807) is 0 Å². The molecule has 2 unspecified atom stereocenters. The molecule has 0 bridgehead atoms. The Bertz CT molecular complexity index is 874. The molecule has 0 saturated heterocycles. The number of hydrogen-bond donors (Lipinski definition) is 1. The maximum atomic E-state index is 12.9. The lowest BCUT2D eigenvalue weighted by atomic mass is 9.90. The van der Waals surface area contributed by atoms with Gasteiger partial charge in [0.1, 0.15) is 5.60 Å². The molecule has 0 spiro atoms. The number of benzene rings is 1. The topological polar surface area (TPSA) is 54.5 Å². The van der Waals surface area contributed by atoms with Gasteiger partial charge in [-0.15, -0.1) is 0 Å². The van der Waals surface area contributed by atoms with E-state index in [4.69, 9.17) is 4.74 Å². The summed E-state index contributed by atoms with van der Waals surface area (Å²) < 4.78 is 5.72. The molecule has 29 heavy (non-hydrogen) atoms. The van der Waals surface area contributed by atoms with Crippen molar-refractivity contribution >= 4 is 6.09 Å². The van der Waals surface area contributed by atoms with E-state index in [0.717, 1.165) is 25.8 Å². The number of nitrogens with one attached hydrogen (secondary N) is 1. The Morgan fingerprint density at radius 3 is 2.72 bits per heavy atom. The van der Waals surface area contributed by atoms with E-state index in [1.165, 1.54) is 28.8 Å². The number of aryl methyl sites for hydroxylation is 1. The molecule has 2 aromatic rings. The lowest BCUT2D eigenvalue weighted by Gasteiger charge is -2.39. The van der Waals surface area contributed by atoms with Crippen LogP contribution < -0.4 is 5.32 Å². The second-order valence-electron chi connectivity index (χ2n) is 9.14. The van der Waals surface area contributed by atoms with Gasteiger partial charge in [-0.25, -0.2) is 4.79 Å². The quantitative estimate of drug-likeness (QED) is 0.839. The summed E-state index contributed by atoms with van der Waals surface area (Å²) in [4.78, 5) is 19.5. The van der Waals surface area contributed by atoms with E-state index < -0.39 is 5.60 Å². The summed E-state index contributed by atoms with van der Waals surface area (Å²) in [5.74, 6) is 0. The average molecular weight is 394 g/mol. The fraction of sp³-hybridized carbons (Fsp3) is 0.500. The van der Waals surface area contributed by atoms with E-state index in [1.807, 2.05) is 44.0 Å². The molecule has 4 rings (SSSR count). The molecule has 2 aliphatic rings. The number of carbonyl (C=O) groups is 1. The van der Waals surface area contributed by atoms with Crippen LogP contribution in [0.1, 0.15) is 62.0 Å². The molecule has 5 heteroatoms. The van der Waals surface area contributed by atoms with E-state index in [2.05, 4.69) is 34.6 Å². The van der Waals surface area contributed by atoms with Gasteiger partial charge in [-0.1, -0.05) is 30.3 Å². The maximum Gasteiger partial charge on any atom is 0.410 e. The summed E-state index contributed by atoms with van der Waals surface area (Å²) in [6.45, 7) is 7.08. The standard InChI is InChI=1S/C24H31N3O2/c1-24(2,3)29-23(28)27-16-19-9-5-4-8-18(19)14-20(27)15-26-21-12-6-10-17-11-7-13-25-22(17)21/h4-5,7-9,11,13,20-21,26H,6,10,12,14-16H2,1-3H3. The number of aromatic nitrogens is 1. The Morgan fingerprint density at radius 1 is 1.17 bits per heavy atom. The highest BCUT2D eigenvalue weighted by Gasteiger charge is 2.33. The SMILES string of the molecule is CC(C)(C)OC(=O)N1Cc2ccccc2CC1CNC1CCCc2cccnc21. The van der Waals surface area contributed by atoms with Crippen molar-refractivity contribution < 1.29 is 9.53 Å². The second kappa shape index (κ2) is 8.15. The van der Waals surface area contributed by atoms with Crippen LogP contribution in [0.5, 0.6) is 0 Å². The summed E-state index contributed by atoms with van der Waals surface area (Å²) in [5, 5.41) is 3.71. The number of nitrogens with zero attached hydrogens (tertiary/aromatic N) is 2. The van der Waals surface area contributed by atoms with E-state index in [-0.39, 0.29) is 18.2 Å². The second-order valence-corrected chi connectivity index (χ2v) is 9.14. The summed E-state index contributed by atoms with van der Waals surface area (Å²) in [6.07, 6.45) is 5.83. The average Bonchev–Trinajstić information content (AvgIpc) is 2.70. The normalized spacial score (nSPS) is 21.3. The predicted molar refractivity (Wildman–Crippen MR) is 114 cm³/mol. The van der Waals surface area contributed by atoms with Crippen LogP contribution in [0.15, 0.2) is 42.6 Å². The Labute approximate surface area is 173 Å². The van der Waals surface area contributed by atoms with Crippen LogP contribution in [0.4, 0.5) is 4.79 Å². The zero-order chi connectivity index (χ0) is 20.4. The highest BCUT2D eigenvalue weighted by Crippen LogP contribution is 2.29. The van der Waals surface area contributed by atoms with Gasteiger partial charge in [-0.3, -0.25) is 9.88 Å². The maximum absolute atomic E-state index is 12.9. The summed E-state index contributed by atoms with van der Waals surface area (Å²) in [6, 6.07) is 12.9. The van der Waals surface area contributed by atoms with E-state index >= 15 is 0 Å². The van der Waals surface area contributed by atoms with E-state index in [0.29, 0.717) is 6.54 Å². The van der Waals surface area contributed by atoms with Gasteiger partial charge < -0.3 is 10.1 Å². The summed E-state index contributed by atoms with van der Waals surface area (Å²) in [7, 11) is 0. The molecule has 1 aromatic heterocycles.